The molecule has 0 spiro atoms. The number of imidazole rings is 1. The standard InChI is InChI=1S/C11H9N5/c1-8-2-3-13-11(15-8)9-6-14-10-7-12-4-5-16(9)10/h2-7H,1H3. The second kappa shape index (κ2) is 3.37. The van der Waals surface area contributed by atoms with E-state index in [9.17, 15) is 0 Å². The molecule has 0 fully saturated rings. The molecule has 0 bridgehead atoms. The molecule has 3 aromatic heterocycles. The highest BCUT2D eigenvalue weighted by atomic mass is 15.1. The lowest BCUT2D eigenvalue weighted by molar-refractivity contribution is 1.06. The average Bonchev–Trinajstić information content (AvgIpc) is 2.72. The fourth-order valence-corrected chi connectivity index (χ4v) is 1.58. The van der Waals surface area contributed by atoms with Gasteiger partial charge in [0, 0.05) is 24.3 Å². The molecule has 3 heterocycles. The first kappa shape index (κ1) is 8.96. The highest BCUT2D eigenvalue weighted by Crippen LogP contribution is 2.15. The van der Waals surface area contributed by atoms with E-state index in [2.05, 4.69) is 19.9 Å². The highest BCUT2D eigenvalue weighted by Gasteiger charge is 2.07. The van der Waals surface area contributed by atoms with Crippen LogP contribution in [0.4, 0.5) is 0 Å². The molecule has 16 heavy (non-hydrogen) atoms. The van der Waals surface area contributed by atoms with E-state index < -0.39 is 0 Å². The average molecular weight is 211 g/mol. The molecular weight excluding hydrogens is 202 g/mol. The van der Waals surface area contributed by atoms with E-state index in [-0.39, 0.29) is 0 Å². The van der Waals surface area contributed by atoms with Gasteiger partial charge < -0.3 is 0 Å². The van der Waals surface area contributed by atoms with Crippen molar-refractivity contribution in [3.63, 3.8) is 0 Å². The Bertz CT molecular complexity index is 643. The Morgan fingerprint density at radius 1 is 1.12 bits per heavy atom. The molecular formula is C11H9N5. The van der Waals surface area contributed by atoms with Crippen molar-refractivity contribution in [3.05, 3.63) is 42.7 Å². The number of hydrogen-bond donors (Lipinski definition) is 0. The number of fused-ring (bicyclic) bond motifs is 1. The van der Waals surface area contributed by atoms with Crippen LogP contribution in [-0.2, 0) is 0 Å². The van der Waals surface area contributed by atoms with Crippen LogP contribution in [0.25, 0.3) is 17.2 Å². The first-order valence-corrected chi connectivity index (χ1v) is 4.92. The van der Waals surface area contributed by atoms with Gasteiger partial charge in [0.1, 0.15) is 5.69 Å². The molecule has 0 aliphatic carbocycles. The molecule has 0 aromatic carbocycles. The topological polar surface area (TPSA) is 56.0 Å². The lowest BCUT2D eigenvalue weighted by Crippen LogP contribution is -1.94. The van der Waals surface area contributed by atoms with Crippen LogP contribution in [0, 0.1) is 6.92 Å². The van der Waals surface area contributed by atoms with Gasteiger partial charge in [-0.3, -0.25) is 9.38 Å². The van der Waals surface area contributed by atoms with E-state index in [0.29, 0.717) is 5.82 Å². The maximum Gasteiger partial charge on any atom is 0.178 e. The summed E-state index contributed by atoms with van der Waals surface area (Å²) >= 11 is 0. The minimum atomic E-state index is 0.679. The predicted molar refractivity (Wildman–Crippen MR) is 58.8 cm³/mol. The number of aromatic nitrogens is 5. The van der Waals surface area contributed by atoms with Gasteiger partial charge in [-0.25, -0.2) is 15.0 Å². The van der Waals surface area contributed by atoms with Crippen molar-refractivity contribution in [2.45, 2.75) is 6.92 Å². The molecule has 0 N–H and O–H groups in total. The second-order valence-electron chi connectivity index (χ2n) is 3.47. The SMILES string of the molecule is Cc1ccnc(-c2cnc3cnccn23)n1. The van der Waals surface area contributed by atoms with Gasteiger partial charge in [-0.1, -0.05) is 0 Å². The van der Waals surface area contributed by atoms with E-state index in [1.807, 2.05) is 23.6 Å². The van der Waals surface area contributed by atoms with Crippen LogP contribution in [0.2, 0.25) is 0 Å². The van der Waals surface area contributed by atoms with E-state index in [1.54, 1.807) is 24.8 Å². The monoisotopic (exact) mass is 211 g/mol. The van der Waals surface area contributed by atoms with Gasteiger partial charge >= 0.3 is 0 Å². The number of hydrogen-bond acceptors (Lipinski definition) is 4. The third-order valence-electron chi connectivity index (χ3n) is 2.34. The quantitative estimate of drug-likeness (QED) is 0.612. The minimum absolute atomic E-state index is 0.679. The third kappa shape index (κ3) is 1.33. The molecule has 3 aromatic rings. The summed E-state index contributed by atoms with van der Waals surface area (Å²) in [6, 6.07) is 1.87. The summed E-state index contributed by atoms with van der Waals surface area (Å²) < 4.78 is 1.92. The van der Waals surface area contributed by atoms with Crippen molar-refractivity contribution in [2.75, 3.05) is 0 Å². The van der Waals surface area contributed by atoms with Gasteiger partial charge in [0.05, 0.1) is 12.4 Å². The number of aryl methyl sites for hydroxylation is 1. The fourth-order valence-electron chi connectivity index (χ4n) is 1.58. The Labute approximate surface area is 91.9 Å². The second-order valence-corrected chi connectivity index (χ2v) is 3.47. The van der Waals surface area contributed by atoms with Crippen molar-refractivity contribution in [2.24, 2.45) is 0 Å². The van der Waals surface area contributed by atoms with E-state index in [4.69, 9.17) is 0 Å². The largest absolute Gasteiger partial charge is 0.294 e. The Balaban J connectivity index is 2.26. The molecule has 0 saturated heterocycles. The van der Waals surface area contributed by atoms with Crippen molar-refractivity contribution >= 4 is 5.65 Å². The van der Waals surface area contributed by atoms with Crippen LogP contribution >= 0.6 is 0 Å². The lowest BCUT2D eigenvalue weighted by atomic mass is 10.4. The summed E-state index contributed by atoms with van der Waals surface area (Å²) in [5.41, 5.74) is 2.61. The molecule has 0 saturated carbocycles. The fraction of sp³-hybridized carbons (Fsp3) is 0.0909. The summed E-state index contributed by atoms with van der Waals surface area (Å²) in [4.78, 5) is 16.9. The van der Waals surface area contributed by atoms with Crippen molar-refractivity contribution in [1.29, 1.82) is 0 Å². The maximum absolute atomic E-state index is 4.37. The van der Waals surface area contributed by atoms with Crippen molar-refractivity contribution < 1.29 is 0 Å². The maximum atomic E-state index is 4.37. The molecule has 0 aliphatic rings. The normalized spacial score (nSPS) is 10.8. The first-order chi connectivity index (χ1) is 7.84. The van der Waals surface area contributed by atoms with Crippen LogP contribution in [0.1, 0.15) is 5.69 Å². The lowest BCUT2D eigenvalue weighted by Gasteiger charge is -2.00. The van der Waals surface area contributed by atoms with Crippen molar-refractivity contribution in [3.8, 4) is 11.5 Å². The zero-order valence-electron chi connectivity index (χ0n) is 8.70. The summed E-state index contributed by atoms with van der Waals surface area (Å²) in [5.74, 6) is 0.679. The summed E-state index contributed by atoms with van der Waals surface area (Å²) in [6.45, 7) is 1.94. The van der Waals surface area contributed by atoms with Crippen LogP contribution in [0.15, 0.2) is 37.1 Å². The van der Waals surface area contributed by atoms with Gasteiger partial charge in [-0.2, -0.15) is 0 Å². The van der Waals surface area contributed by atoms with Crippen LogP contribution in [-0.4, -0.2) is 24.3 Å². The molecule has 0 atom stereocenters. The van der Waals surface area contributed by atoms with Crippen LogP contribution in [0.3, 0.4) is 0 Å². The molecule has 0 radical (unpaired) electrons. The van der Waals surface area contributed by atoms with Gasteiger partial charge in [-0.15, -0.1) is 0 Å². The van der Waals surface area contributed by atoms with Crippen molar-refractivity contribution in [1.82, 2.24) is 24.3 Å². The van der Waals surface area contributed by atoms with E-state index >= 15 is 0 Å². The summed E-state index contributed by atoms with van der Waals surface area (Å²) in [6.07, 6.45) is 8.78. The third-order valence-corrected chi connectivity index (χ3v) is 2.34. The molecule has 5 heteroatoms. The highest BCUT2D eigenvalue weighted by molar-refractivity contribution is 5.55. The molecule has 0 amide bonds. The first-order valence-electron chi connectivity index (χ1n) is 4.92. The van der Waals surface area contributed by atoms with Crippen LogP contribution < -0.4 is 0 Å². The smallest absolute Gasteiger partial charge is 0.178 e. The Kier molecular flexibility index (Phi) is 1.89. The molecule has 78 valence electrons. The van der Waals surface area contributed by atoms with Gasteiger partial charge in [0.15, 0.2) is 11.5 Å². The zero-order valence-corrected chi connectivity index (χ0v) is 8.70. The summed E-state index contributed by atoms with van der Waals surface area (Å²) in [5, 5.41) is 0. The summed E-state index contributed by atoms with van der Waals surface area (Å²) in [7, 11) is 0. The molecule has 3 rings (SSSR count). The van der Waals surface area contributed by atoms with Gasteiger partial charge in [0.2, 0.25) is 0 Å². The molecule has 0 unspecified atom stereocenters. The minimum Gasteiger partial charge on any atom is -0.294 e. The zero-order chi connectivity index (χ0) is 11.0. The molecule has 5 nitrogen and oxygen atoms in total. The number of rotatable bonds is 1. The van der Waals surface area contributed by atoms with E-state index in [1.165, 1.54) is 0 Å². The predicted octanol–water partition coefficient (Wildman–Crippen LogP) is 1.49. The van der Waals surface area contributed by atoms with Gasteiger partial charge in [0.25, 0.3) is 0 Å². The van der Waals surface area contributed by atoms with Crippen LogP contribution in [0.5, 0.6) is 0 Å². The number of nitrogens with zero attached hydrogens (tertiary/aromatic N) is 5. The Morgan fingerprint density at radius 2 is 2.06 bits per heavy atom. The molecule has 0 aliphatic heterocycles. The van der Waals surface area contributed by atoms with E-state index in [0.717, 1.165) is 17.0 Å². The Morgan fingerprint density at radius 3 is 2.94 bits per heavy atom. The Hall–Kier alpha value is -2.30. The van der Waals surface area contributed by atoms with Gasteiger partial charge in [-0.05, 0) is 13.0 Å².